The van der Waals surface area contributed by atoms with Gasteiger partial charge in [-0.05, 0) is 17.7 Å². The molecule has 3 N–H and O–H groups in total. The minimum Gasteiger partial charge on any atom is -0.477 e. The number of primary amides is 1. The first-order valence-corrected chi connectivity index (χ1v) is 8.42. The number of carbonyl (C=O) groups is 1. The van der Waals surface area contributed by atoms with E-state index >= 15 is 0 Å². The van der Waals surface area contributed by atoms with Crippen molar-refractivity contribution in [3.8, 4) is 17.5 Å². The van der Waals surface area contributed by atoms with E-state index in [9.17, 15) is 4.79 Å². The highest BCUT2D eigenvalue weighted by molar-refractivity contribution is 6.07. The van der Waals surface area contributed by atoms with Crippen LogP contribution < -0.4 is 15.8 Å². The molecule has 0 unspecified atom stereocenters. The summed E-state index contributed by atoms with van der Waals surface area (Å²) in [6, 6.07) is 14.9. The van der Waals surface area contributed by atoms with Crippen LogP contribution in [0.1, 0.15) is 15.9 Å². The summed E-state index contributed by atoms with van der Waals surface area (Å²) in [5.41, 5.74) is 7.07. The highest BCUT2D eigenvalue weighted by Crippen LogP contribution is 2.30. The summed E-state index contributed by atoms with van der Waals surface area (Å²) in [6.07, 6.45) is 0. The first-order chi connectivity index (χ1) is 13.7. The van der Waals surface area contributed by atoms with Crippen molar-refractivity contribution in [2.75, 3.05) is 12.4 Å². The van der Waals surface area contributed by atoms with Crippen molar-refractivity contribution in [2.45, 2.75) is 6.54 Å². The van der Waals surface area contributed by atoms with E-state index in [1.165, 1.54) is 7.11 Å². The Kier molecular flexibility index (Phi) is 4.55. The average Bonchev–Trinajstić information content (AvgIpc) is 3.17. The number of hydrogen-bond donors (Lipinski definition) is 2. The molecular formula is C19H16N6O3. The first-order valence-electron chi connectivity index (χ1n) is 8.42. The van der Waals surface area contributed by atoms with Gasteiger partial charge < -0.3 is 20.3 Å². The summed E-state index contributed by atoms with van der Waals surface area (Å²) in [5.74, 6) is 0.564. The van der Waals surface area contributed by atoms with Crippen LogP contribution in [-0.4, -0.2) is 33.4 Å². The van der Waals surface area contributed by atoms with E-state index in [4.69, 9.17) is 15.0 Å². The van der Waals surface area contributed by atoms with Crippen molar-refractivity contribution in [2.24, 2.45) is 5.73 Å². The van der Waals surface area contributed by atoms with Crippen molar-refractivity contribution in [1.82, 2.24) is 20.3 Å². The molecule has 9 nitrogen and oxygen atoms in total. The summed E-state index contributed by atoms with van der Waals surface area (Å²) in [7, 11) is 1.49. The molecule has 0 fully saturated rings. The second kappa shape index (κ2) is 7.31. The van der Waals surface area contributed by atoms with Gasteiger partial charge in [0.25, 0.3) is 11.8 Å². The van der Waals surface area contributed by atoms with E-state index in [0.29, 0.717) is 23.3 Å². The third-order valence-corrected chi connectivity index (χ3v) is 4.13. The lowest BCUT2D eigenvalue weighted by Gasteiger charge is -2.09. The number of ether oxygens (including phenoxy) is 1. The fraction of sp³-hybridized carbons (Fsp3) is 0.105. The molecule has 0 saturated heterocycles. The standard InChI is InChI=1S/C19H16N6O3/c1-27-19-18(21-10-11-6-3-2-4-7-11)22-17(23-24-19)15-12-8-5-9-13(16(20)26)14(12)25-28-15/h2-9H,10H2,1H3,(H2,20,26)(H,21,22,23). The number of carbonyl (C=O) groups excluding carboxylic acids is 1. The molecule has 9 heteroatoms. The molecule has 0 aliphatic rings. The Bertz CT molecular complexity index is 1140. The van der Waals surface area contributed by atoms with Gasteiger partial charge in [-0.3, -0.25) is 4.79 Å². The van der Waals surface area contributed by atoms with Crippen LogP contribution in [0.2, 0.25) is 0 Å². The van der Waals surface area contributed by atoms with Crippen LogP contribution in [0.3, 0.4) is 0 Å². The van der Waals surface area contributed by atoms with Gasteiger partial charge in [0, 0.05) is 6.54 Å². The van der Waals surface area contributed by atoms with Gasteiger partial charge in [-0.25, -0.2) is 4.98 Å². The third kappa shape index (κ3) is 3.20. The quantitative estimate of drug-likeness (QED) is 0.525. The van der Waals surface area contributed by atoms with Gasteiger partial charge in [0.05, 0.1) is 18.1 Å². The van der Waals surface area contributed by atoms with Gasteiger partial charge in [-0.15, -0.1) is 10.2 Å². The van der Waals surface area contributed by atoms with E-state index in [1.54, 1.807) is 18.2 Å². The molecule has 140 valence electrons. The summed E-state index contributed by atoms with van der Waals surface area (Å²) < 4.78 is 10.6. The number of hydrogen-bond acceptors (Lipinski definition) is 8. The molecule has 0 atom stereocenters. The molecule has 1 amide bonds. The first kappa shape index (κ1) is 17.4. The highest BCUT2D eigenvalue weighted by Gasteiger charge is 2.20. The number of nitrogens with two attached hydrogens (primary N) is 1. The molecule has 0 saturated carbocycles. The van der Waals surface area contributed by atoms with Crippen molar-refractivity contribution in [3.05, 3.63) is 59.7 Å². The Morgan fingerprint density at radius 3 is 2.71 bits per heavy atom. The maximum Gasteiger partial charge on any atom is 0.276 e. The zero-order valence-electron chi connectivity index (χ0n) is 14.9. The minimum atomic E-state index is -0.593. The summed E-state index contributed by atoms with van der Waals surface area (Å²) in [6.45, 7) is 0.526. The van der Waals surface area contributed by atoms with Crippen molar-refractivity contribution in [3.63, 3.8) is 0 Å². The van der Waals surface area contributed by atoms with Crippen LogP contribution in [0.5, 0.6) is 5.88 Å². The third-order valence-electron chi connectivity index (χ3n) is 4.13. The van der Waals surface area contributed by atoms with Gasteiger partial charge >= 0.3 is 0 Å². The topological polar surface area (TPSA) is 129 Å². The summed E-state index contributed by atoms with van der Waals surface area (Å²) in [5, 5.41) is 15.8. The molecule has 0 aliphatic carbocycles. The number of anilines is 1. The van der Waals surface area contributed by atoms with Crippen molar-refractivity contribution in [1.29, 1.82) is 0 Å². The number of nitrogens with one attached hydrogen (secondary N) is 1. The number of nitrogens with zero attached hydrogens (tertiary/aromatic N) is 4. The second-order valence-corrected chi connectivity index (χ2v) is 5.91. The van der Waals surface area contributed by atoms with Crippen LogP contribution in [0.15, 0.2) is 53.1 Å². The number of amides is 1. The van der Waals surface area contributed by atoms with Crippen LogP contribution in [-0.2, 0) is 6.54 Å². The maximum absolute atomic E-state index is 11.6. The fourth-order valence-electron chi connectivity index (χ4n) is 2.77. The largest absolute Gasteiger partial charge is 0.477 e. The zero-order chi connectivity index (χ0) is 19.5. The number of rotatable bonds is 6. The Labute approximate surface area is 159 Å². The van der Waals surface area contributed by atoms with E-state index in [0.717, 1.165) is 5.56 Å². The maximum atomic E-state index is 11.6. The normalized spacial score (nSPS) is 10.8. The van der Waals surface area contributed by atoms with E-state index < -0.39 is 5.91 Å². The molecule has 4 aromatic rings. The Balaban J connectivity index is 1.72. The lowest BCUT2D eigenvalue weighted by molar-refractivity contribution is 0.100. The monoisotopic (exact) mass is 376 g/mol. The molecular weight excluding hydrogens is 360 g/mol. The molecule has 0 bridgehead atoms. The molecule has 2 heterocycles. The summed E-state index contributed by atoms with van der Waals surface area (Å²) >= 11 is 0. The van der Waals surface area contributed by atoms with Gasteiger partial charge in [0.2, 0.25) is 11.6 Å². The molecule has 2 aromatic heterocycles. The molecule has 4 rings (SSSR count). The highest BCUT2D eigenvalue weighted by atomic mass is 16.5. The van der Waals surface area contributed by atoms with Crippen LogP contribution in [0.25, 0.3) is 22.5 Å². The van der Waals surface area contributed by atoms with Crippen LogP contribution in [0, 0.1) is 0 Å². The van der Waals surface area contributed by atoms with Gasteiger partial charge in [0.1, 0.15) is 5.52 Å². The van der Waals surface area contributed by atoms with Crippen molar-refractivity contribution < 1.29 is 14.1 Å². The number of fused-ring (bicyclic) bond motifs is 1. The SMILES string of the molecule is COc1nnc(-c2onc3c(C(N)=O)cccc23)nc1NCc1ccccc1. The van der Waals surface area contributed by atoms with E-state index in [-0.39, 0.29) is 23.0 Å². The molecule has 28 heavy (non-hydrogen) atoms. The number of aromatic nitrogens is 4. The van der Waals surface area contributed by atoms with Crippen LogP contribution >= 0.6 is 0 Å². The molecule has 0 radical (unpaired) electrons. The van der Waals surface area contributed by atoms with Gasteiger partial charge in [-0.1, -0.05) is 41.6 Å². The minimum absolute atomic E-state index is 0.209. The molecule has 0 aliphatic heterocycles. The van der Waals surface area contributed by atoms with Crippen molar-refractivity contribution >= 4 is 22.6 Å². The van der Waals surface area contributed by atoms with E-state index in [2.05, 4.69) is 25.7 Å². The zero-order valence-corrected chi connectivity index (χ0v) is 14.9. The Morgan fingerprint density at radius 2 is 1.96 bits per heavy atom. The van der Waals surface area contributed by atoms with E-state index in [1.807, 2.05) is 30.3 Å². The molecule has 0 spiro atoms. The fourth-order valence-corrected chi connectivity index (χ4v) is 2.77. The van der Waals surface area contributed by atoms with Crippen LogP contribution in [0.4, 0.5) is 5.82 Å². The number of methoxy groups -OCH3 is 1. The lowest BCUT2D eigenvalue weighted by atomic mass is 10.1. The number of benzene rings is 2. The lowest BCUT2D eigenvalue weighted by Crippen LogP contribution is -2.11. The smallest absolute Gasteiger partial charge is 0.276 e. The predicted molar refractivity (Wildman–Crippen MR) is 102 cm³/mol. The van der Waals surface area contributed by atoms with Gasteiger partial charge in [0.15, 0.2) is 5.82 Å². The second-order valence-electron chi connectivity index (χ2n) is 5.91. The Morgan fingerprint density at radius 1 is 1.14 bits per heavy atom. The van der Waals surface area contributed by atoms with Gasteiger partial charge in [-0.2, -0.15) is 0 Å². The average molecular weight is 376 g/mol. The summed E-state index contributed by atoms with van der Waals surface area (Å²) in [4.78, 5) is 16.1. The predicted octanol–water partition coefficient (Wildman–Crippen LogP) is 2.40. The molecule has 2 aromatic carbocycles. The Hall–Kier alpha value is -4.01.